The van der Waals surface area contributed by atoms with E-state index in [9.17, 15) is 9.59 Å². The van der Waals surface area contributed by atoms with Gasteiger partial charge in [0.1, 0.15) is 6.61 Å². The molecule has 0 spiro atoms. The van der Waals surface area contributed by atoms with Crippen LogP contribution in [0.25, 0.3) is 0 Å². The lowest BCUT2D eigenvalue weighted by Gasteiger charge is -2.07. The Labute approximate surface area is 128 Å². The summed E-state index contributed by atoms with van der Waals surface area (Å²) in [4.78, 5) is 23.0. The van der Waals surface area contributed by atoms with Gasteiger partial charge in [0.2, 0.25) is 5.91 Å². The van der Waals surface area contributed by atoms with Crippen molar-refractivity contribution in [3.8, 4) is 0 Å². The van der Waals surface area contributed by atoms with Crippen LogP contribution in [-0.4, -0.2) is 31.2 Å². The Bertz CT molecular complexity index is 558. The van der Waals surface area contributed by atoms with Crippen molar-refractivity contribution in [1.82, 2.24) is 5.43 Å². The summed E-state index contributed by atoms with van der Waals surface area (Å²) in [6, 6.07) is 5.28. The van der Waals surface area contributed by atoms with Gasteiger partial charge in [-0.3, -0.25) is 9.59 Å². The number of anilines is 1. The molecule has 6 nitrogen and oxygen atoms in total. The molecule has 21 heavy (non-hydrogen) atoms. The number of carbonyl (C=O) groups excluding carboxylic acids is 2. The summed E-state index contributed by atoms with van der Waals surface area (Å²) >= 11 is 5.98. The van der Waals surface area contributed by atoms with E-state index < -0.39 is 0 Å². The van der Waals surface area contributed by atoms with E-state index in [2.05, 4.69) is 20.6 Å². The quantitative estimate of drug-likeness (QED) is 0.624. The zero-order chi connectivity index (χ0) is 15.8. The highest BCUT2D eigenvalue weighted by Crippen LogP contribution is 2.19. The van der Waals surface area contributed by atoms with Gasteiger partial charge < -0.3 is 10.1 Å². The molecule has 1 rings (SSSR count). The highest BCUT2D eigenvalue weighted by Gasteiger charge is 2.06. The topological polar surface area (TPSA) is 79.8 Å². The van der Waals surface area contributed by atoms with Crippen molar-refractivity contribution < 1.29 is 14.3 Å². The van der Waals surface area contributed by atoms with Crippen LogP contribution in [-0.2, 0) is 14.3 Å². The number of rotatable bonds is 6. The predicted octanol–water partition coefficient (Wildman–Crippen LogP) is 2.12. The Morgan fingerprint density at radius 3 is 2.67 bits per heavy atom. The van der Waals surface area contributed by atoms with E-state index in [0.29, 0.717) is 16.4 Å². The van der Waals surface area contributed by atoms with Gasteiger partial charge in [-0.1, -0.05) is 17.7 Å². The number of hydrazone groups is 1. The van der Waals surface area contributed by atoms with Crippen molar-refractivity contribution in [1.29, 1.82) is 0 Å². The van der Waals surface area contributed by atoms with Crippen LogP contribution in [0.1, 0.15) is 18.9 Å². The SMILES string of the molecule is COCC(=O)N/N=C(/C)CC(=O)Nc1ccc(C)c(Cl)c1. The van der Waals surface area contributed by atoms with Crippen LogP contribution >= 0.6 is 11.6 Å². The second kappa shape index (κ2) is 8.39. The first-order valence-electron chi connectivity index (χ1n) is 6.29. The molecule has 0 atom stereocenters. The molecule has 0 heterocycles. The predicted molar refractivity (Wildman–Crippen MR) is 82.6 cm³/mol. The number of amides is 2. The van der Waals surface area contributed by atoms with Gasteiger partial charge in [0.15, 0.2) is 0 Å². The summed E-state index contributed by atoms with van der Waals surface area (Å²) < 4.78 is 4.64. The molecule has 0 aliphatic rings. The molecule has 0 unspecified atom stereocenters. The van der Waals surface area contributed by atoms with Crippen molar-refractivity contribution in [3.63, 3.8) is 0 Å². The summed E-state index contributed by atoms with van der Waals surface area (Å²) in [5.74, 6) is -0.611. The molecule has 2 amide bonds. The second-order valence-electron chi connectivity index (χ2n) is 4.50. The van der Waals surface area contributed by atoms with Crippen LogP contribution in [0, 0.1) is 6.92 Å². The van der Waals surface area contributed by atoms with E-state index in [1.807, 2.05) is 13.0 Å². The van der Waals surface area contributed by atoms with Crippen molar-refractivity contribution >= 4 is 34.8 Å². The van der Waals surface area contributed by atoms with Gasteiger partial charge in [-0.2, -0.15) is 5.10 Å². The number of ether oxygens (including phenoxy) is 1. The number of hydrogen-bond acceptors (Lipinski definition) is 4. The first-order chi connectivity index (χ1) is 9.92. The van der Waals surface area contributed by atoms with E-state index in [1.165, 1.54) is 7.11 Å². The van der Waals surface area contributed by atoms with E-state index >= 15 is 0 Å². The van der Waals surface area contributed by atoms with Crippen LogP contribution in [0.4, 0.5) is 5.69 Å². The number of benzene rings is 1. The highest BCUT2D eigenvalue weighted by atomic mass is 35.5. The third kappa shape index (κ3) is 6.37. The molecule has 1 aromatic carbocycles. The minimum absolute atomic E-state index is 0.0682. The molecule has 0 aromatic heterocycles. The van der Waals surface area contributed by atoms with Crippen LogP contribution < -0.4 is 10.7 Å². The Morgan fingerprint density at radius 1 is 1.33 bits per heavy atom. The van der Waals surface area contributed by atoms with E-state index in [1.54, 1.807) is 19.1 Å². The molecule has 0 aliphatic carbocycles. The summed E-state index contributed by atoms with van der Waals surface area (Å²) in [6.07, 6.45) is 0.0682. The number of carbonyl (C=O) groups is 2. The summed E-state index contributed by atoms with van der Waals surface area (Å²) in [5, 5.41) is 7.11. The van der Waals surface area contributed by atoms with Gasteiger partial charge in [-0.25, -0.2) is 5.43 Å². The smallest absolute Gasteiger partial charge is 0.266 e. The third-order valence-corrected chi connectivity index (χ3v) is 2.93. The van der Waals surface area contributed by atoms with E-state index in [0.717, 1.165) is 5.56 Å². The van der Waals surface area contributed by atoms with Gasteiger partial charge in [0.05, 0.1) is 6.42 Å². The minimum atomic E-state index is -0.373. The van der Waals surface area contributed by atoms with Gasteiger partial charge >= 0.3 is 0 Å². The van der Waals surface area contributed by atoms with Crippen molar-refractivity contribution in [2.75, 3.05) is 19.0 Å². The standard InChI is InChI=1S/C14H18ClN3O3/c1-9-4-5-11(7-12(9)15)16-13(19)6-10(2)17-18-14(20)8-21-3/h4-5,7H,6,8H2,1-3H3,(H,16,19)(H,18,20)/b17-10-. The molecule has 0 saturated carbocycles. The van der Waals surface area contributed by atoms with Crippen LogP contribution in [0.5, 0.6) is 0 Å². The van der Waals surface area contributed by atoms with Gasteiger partial charge in [0.25, 0.3) is 5.91 Å². The number of nitrogens with one attached hydrogen (secondary N) is 2. The fraction of sp³-hybridized carbons (Fsp3) is 0.357. The lowest BCUT2D eigenvalue weighted by Crippen LogP contribution is -2.24. The monoisotopic (exact) mass is 311 g/mol. The maximum atomic E-state index is 11.8. The Balaban J connectivity index is 2.50. The van der Waals surface area contributed by atoms with Gasteiger partial charge in [0, 0.05) is 23.5 Å². The largest absolute Gasteiger partial charge is 0.375 e. The summed E-state index contributed by atoms with van der Waals surface area (Å²) in [5.41, 5.74) is 4.33. The third-order valence-electron chi connectivity index (χ3n) is 2.52. The number of nitrogens with zero attached hydrogens (tertiary/aromatic N) is 1. The number of hydrogen-bond donors (Lipinski definition) is 2. The average Bonchev–Trinajstić information content (AvgIpc) is 2.41. The first kappa shape index (κ1) is 17.1. The Kier molecular flexibility index (Phi) is 6.84. The lowest BCUT2D eigenvalue weighted by atomic mass is 10.2. The highest BCUT2D eigenvalue weighted by molar-refractivity contribution is 6.31. The molecule has 0 aliphatic heterocycles. The van der Waals surface area contributed by atoms with E-state index in [-0.39, 0.29) is 24.8 Å². The van der Waals surface area contributed by atoms with Crippen LogP contribution in [0.15, 0.2) is 23.3 Å². The van der Waals surface area contributed by atoms with Crippen molar-refractivity contribution in [2.24, 2.45) is 5.10 Å². The fourth-order valence-corrected chi connectivity index (χ4v) is 1.65. The molecular weight excluding hydrogens is 294 g/mol. The average molecular weight is 312 g/mol. The van der Waals surface area contributed by atoms with Gasteiger partial charge in [-0.05, 0) is 31.5 Å². The number of halogens is 1. The molecule has 7 heteroatoms. The number of methoxy groups -OCH3 is 1. The maximum absolute atomic E-state index is 11.8. The maximum Gasteiger partial charge on any atom is 0.266 e. The van der Waals surface area contributed by atoms with Crippen LogP contribution in [0.2, 0.25) is 5.02 Å². The normalized spacial score (nSPS) is 11.1. The molecule has 114 valence electrons. The summed E-state index contributed by atoms with van der Waals surface area (Å²) in [6.45, 7) is 3.45. The van der Waals surface area contributed by atoms with Gasteiger partial charge in [-0.15, -0.1) is 0 Å². The molecule has 0 radical (unpaired) electrons. The first-order valence-corrected chi connectivity index (χ1v) is 6.67. The zero-order valence-electron chi connectivity index (χ0n) is 12.2. The Morgan fingerprint density at radius 2 is 2.05 bits per heavy atom. The molecule has 0 fully saturated rings. The second-order valence-corrected chi connectivity index (χ2v) is 4.91. The zero-order valence-corrected chi connectivity index (χ0v) is 13.0. The Hall–Kier alpha value is -1.92. The van der Waals surface area contributed by atoms with Crippen molar-refractivity contribution in [3.05, 3.63) is 28.8 Å². The van der Waals surface area contributed by atoms with Crippen molar-refractivity contribution in [2.45, 2.75) is 20.3 Å². The van der Waals surface area contributed by atoms with E-state index in [4.69, 9.17) is 11.6 Å². The molecule has 1 aromatic rings. The van der Waals surface area contributed by atoms with Crippen LogP contribution in [0.3, 0.4) is 0 Å². The molecule has 0 saturated heterocycles. The lowest BCUT2D eigenvalue weighted by molar-refractivity contribution is -0.124. The molecular formula is C14H18ClN3O3. The molecule has 0 bridgehead atoms. The fourth-order valence-electron chi connectivity index (χ4n) is 1.47. The summed E-state index contributed by atoms with van der Waals surface area (Å²) in [7, 11) is 1.41. The number of aryl methyl sites for hydroxylation is 1. The molecule has 2 N–H and O–H groups in total. The minimum Gasteiger partial charge on any atom is -0.375 e.